The second kappa shape index (κ2) is 15.3. The molecule has 0 bridgehead atoms. The number of allylic oxidation sites excluding steroid dienone is 5. The van der Waals surface area contributed by atoms with E-state index in [4.69, 9.17) is 32.5 Å². The normalized spacial score (nSPS) is 14.0. The third kappa shape index (κ3) is 8.34. The number of thiol groups is 1. The minimum Gasteiger partial charge on any atom is -0.489 e. The summed E-state index contributed by atoms with van der Waals surface area (Å²) in [6, 6.07) is 13.1. The topological polar surface area (TPSA) is 93.8 Å². The highest BCUT2D eigenvalue weighted by Gasteiger charge is 2.32. The fourth-order valence-corrected chi connectivity index (χ4v) is 5.42. The van der Waals surface area contributed by atoms with Crippen molar-refractivity contribution < 1.29 is 18.3 Å². The number of carbonyl (C=O) groups is 1. The fraction of sp³-hybridized carbons (Fsp3) is 0.303. The lowest BCUT2D eigenvalue weighted by molar-refractivity contribution is -0.123. The SMILES string of the molecule is C=NC(C)(C/C(C)=C(C)/C=C(\C=C/C)c1ccc(OCc2c(-c3c(Cl)cccc3Cl)noc2C(C)C)cc1)C(=O)N[SH]=O. The summed E-state index contributed by atoms with van der Waals surface area (Å²) in [5, 5.41) is 5.27. The quantitative estimate of drug-likeness (QED) is 0.111. The average molecular weight is 643 g/mol. The van der Waals surface area contributed by atoms with Crippen molar-refractivity contribution in [3.8, 4) is 17.0 Å². The van der Waals surface area contributed by atoms with Crippen molar-refractivity contribution in [1.82, 2.24) is 9.88 Å². The Morgan fingerprint density at radius 1 is 1.19 bits per heavy atom. The van der Waals surface area contributed by atoms with Crippen LogP contribution < -0.4 is 9.46 Å². The molecule has 1 unspecified atom stereocenters. The summed E-state index contributed by atoms with van der Waals surface area (Å²) >= 11 is 12.5. The number of hydrogen-bond acceptors (Lipinski definition) is 6. The second-order valence-electron chi connectivity index (χ2n) is 10.6. The first kappa shape index (κ1) is 34.0. The minimum absolute atomic E-state index is 0.0811. The lowest BCUT2D eigenvalue weighted by atomic mass is 9.90. The Hall–Kier alpha value is -3.46. The molecule has 0 saturated heterocycles. The molecule has 0 aliphatic carbocycles. The van der Waals surface area contributed by atoms with Crippen LogP contribution in [0.5, 0.6) is 5.75 Å². The molecule has 228 valence electrons. The fourth-order valence-electron chi connectivity index (χ4n) is 4.52. The number of carbonyl (C=O) groups excluding carboxylic acids is 1. The summed E-state index contributed by atoms with van der Waals surface area (Å²) in [5.41, 5.74) is 4.76. The number of aliphatic imine (C=N–C) groups is 1. The predicted molar refractivity (Wildman–Crippen MR) is 178 cm³/mol. The number of halogens is 2. The second-order valence-corrected chi connectivity index (χ2v) is 11.9. The largest absolute Gasteiger partial charge is 0.489 e. The number of aromatic nitrogens is 1. The van der Waals surface area contributed by atoms with Gasteiger partial charge in [-0.05, 0) is 69.8 Å². The molecule has 43 heavy (non-hydrogen) atoms. The van der Waals surface area contributed by atoms with Crippen LogP contribution in [0.2, 0.25) is 10.0 Å². The molecular formula is C33H37Cl2N3O4S. The molecule has 0 aliphatic heterocycles. The van der Waals surface area contributed by atoms with Crippen LogP contribution in [-0.4, -0.2) is 27.5 Å². The zero-order chi connectivity index (χ0) is 31.7. The molecule has 0 aliphatic rings. The van der Waals surface area contributed by atoms with Gasteiger partial charge in [0.2, 0.25) is 0 Å². The first-order valence-electron chi connectivity index (χ1n) is 13.7. The molecular weight excluding hydrogens is 605 g/mol. The Bertz CT molecular complexity index is 1550. The van der Waals surface area contributed by atoms with Gasteiger partial charge in [-0.2, -0.15) is 0 Å². The number of amides is 1. The van der Waals surface area contributed by atoms with Crippen molar-refractivity contribution in [2.45, 2.75) is 66.0 Å². The first-order chi connectivity index (χ1) is 20.4. The molecule has 1 atom stereocenters. The standard InChI is InChI=1S/C33H37Cl2N3O4S/c1-8-10-24(17-21(4)22(5)18-33(6,36-7)32(39)38-43-40)23-13-15-25(16-14-23)41-19-26-30(37-42-31(26)20(2)3)29-27(34)11-9-12-28(29)35/h8-17,20,43H,7,18-19H2,1-6H3,(H,38,39,40)/b10-8-,22-21+,24-17+. The number of benzene rings is 2. The van der Waals surface area contributed by atoms with E-state index in [0.717, 1.165) is 27.8 Å². The van der Waals surface area contributed by atoms with E-state index >= 15 is 0 Å². The Kier molecular flexibility index (Phi) is 12.1. The van der Waals surface area contributed by atoms with Crippen LogP contribution in [0.3, 0.4) is 0 Å². The summed E-state index contributed by atoms with van der Waals surface area (Å²) < 4.78 is 25.1. The number of rotatable bonds is 13. The van der Waals surface area contributed by atoms with Gasteiger partial charge in [-0.15, -0.1) is 0 Å². The van der Waals surface area contributed by atoms with Crippen molar-refractivity contribution in [2.24, 2.45) is 4.99 Å². The van der Waals surface area contributed by atoms with Crippen molar-refractivity contribution >= 4 is 53.3 Å². The van der Waals surface area contributed by atoms with E-state index < -0.39 is 23.3 Å². The number of hydrogen-bond donors (Lipinski definition) is 2. The highest BCUT2D eigenvalue weighted by molar-refractivity contribution is 7.64. The predicted octanol–water partition coefficient (Wildman–Crippen LogP) is 8.47. The van der Waals surface area contributed by atoms with E-state index in [9.17, 15) is 9.00 Å². The first-order valence-corrected chi connectivity index (χ1v) is 15.3. The third-order valence-electron chi connectivity index (χ3n) is 7.10. The molecule has 0 spiro atoms. The summed E-state index contributed by atoms with van der Waals surface area (Å²) in [6.07, 6.45) is 6.38. The van der Waals surface area contributed by atoms with Gasteiger partial charge in [0.25, 0.3) is 5.91 Å². The number of nitrogens with zero attached hydrogens (tertiary/aromatic N) is 2. The lowest BCUT2D eigenvalue weighted by Gasteiger charge is -2.23. The molecule has 1 N–H and O–H groups in total. The molecule has 3 rings (SSSR count). The van der Waals surface area contributed by atoms with Crippen molar-refractivity contribution in [2.75, 3.05) is 0 Å². The highest BCUT2D eigenvalue weighted by atomic mass is 35.5. The maximum absolute atomic E-state index is 12.4. The monoisotopic (exact) mass is 641 g/mol. The average Bonchev–Trinajstić information content (AvgIpc) is 3.39. The van der Waals surface area contributed by atoms with Crippen molar-refractivity contribution in [3.63, 3.8) is 0 Å². The van der Waals surface area contributed by atoms with Crippen molar-refractivity contribution in [1.29, 1.82) is 0 Å². The van der Waals surface area contributed by atoms with Gasteiger partial charge in [-0.1, -0.05) is 89.8 Å². The molecule has 1 aromatic heterocycles. The van der Waals surface area contributed by atoms with Crippen LogP contribution in [0.25, 0.3) is 16.8 Å². The molecule has 10 heteroatoms. The summed E-state index contributed by atoms with van der Waals surface area (Å²) in [7, 11) is 0. The maximum atomic E-state index is 12.4. The van der Waals surface area contributed by atoms with Gasteiger partial charge in [0.15, 0.2) is 0 Å². The minimum atomic E-state index is -1.13. The van der Waals surface area contributed by atoms with E-state index in [2.05, 4.69) is 27.7 Å². The zero-order valence-electron chi connectivity index (χ0n) is 25.2. The Balaban J connectivity index is 1.86. The molecule has 2 aromatic carbocycles. The van der Waals surface area contributed by atoms with E-state index in [1.54, 1.807) is 25.1 Å². The summed E-state index contributed by atoms with van der Waals surface area (Å²) in [6.45, 7) is 15.4. The van der Waals surface area contributed by atoms with E-state index in [0.29, 0.717) is 39.2 Å². The third-order valence-corrected chi connectivity index (χ3v) is 8.02. The van der Waals surface area contributed by atoms with Crippen LogP contribution in [0.15, 0.2) is 81.4 Å². The van der Waals surface area contributed by atoms with Gasteiger partial charge < -0.3 is 9.26 Å². The highest BCUT2D eigenvalue weighted by Crippen LogP contribution is 2.39. The summed E-state index contributed by atoms with van der Waals surface area (Å²) in [4.78, 5) is 16.4. The lowest BCUT2D eigenvalue weighted by Crippen LogP contribution is -2.41. The van der Waals surface area contributed by atoms with E-state index in [1.807, 2.05) is 71.0 Å². The van der Waals surface area contributed by atoms with Gasteiger partial charge in [0, 0.05) is 17.9 Å². The van der Waals surface area contributed by atoms with Crippen LogP contribution >= 0.6 is 23.2 Å². The molecule has 7 nitrogen and oxygen atoms in total. The number of ether oxygens (including phenoxy) is 1. The van der Waals surface area contributed by atoms with Gasteiger partial charge in [0.05, 0.1) is 15.6 Å². The molecule has 3 aromatic rings. The zero-order valence-corrected chi connectivity index (χ0v) is 27.6. The Morgan fingerprint density at radius 3 is 2.40 bits per heavy atom. The Morgan fingerprint density at radius 2 is 1.84 bits per heavy atom. The van der Waals surface area contributed by atoms with Crippen LogP contribution in [-0.2, 0) is 23.3 Å². The van der Waals surface area contributed by atoms with Crippen LogP contribution in [0.1, 0.15) is 70.8 Å². The molecule has 0 radical (unpaired) electrons. The number of nitrogens with one attached hydrogen (secondary N) is 1. The summed E-state index contributed by atoms with van der Waals surface area (Å²) in [5.74, 6) is 1.02. The molecule has 1 amide bonds. The van der Waals surface area contributed by atoms with E-state index in [-0.39, 0.29) is 12.5 Å². The molecule has 1 heterocycles. The van der Waals surface area contributed by atoms with Gasteiger partial charge in [-0.25, -0.2) is 4.21 Å². The molecule has 0 fully saturated rings. The van der Waals surface area contributed by atoms with Crippen molar-refractivity contribution in [3.05, 3.63) is 98.8 Å². The van der Waals surface area contributed by atoms with Gasteiger partial charge in [0.1, 0.15) is 41.2 Å². The maximum Gasteiger partial charge on any atom is 0.259 e. The van der Waals surface area contributed by atoms with Crippen LogP contribution in [0, 0.1) is 0 Å². The Labute approximate surface area is 267 Å². The smallest absolute Gasteiger partial charge is 0.259 e. The van der Waals surface area contributed by atoms with Gasteiger partial charge in [-0.3, -0.25) is 14.5 Å². The molecule has 0 saturated carbocycles. The van der Waals surface area contributed by atoms with E-state index in [1.165, 1.54) is 0 Å². The van der Waals surface area contributed by atoms with Gasteiger partial charge >= 0.3 is 0 Å². The van der Waals surface area contributed by atoms with Crippen LogP contribution in [0.4, 0.5) is 0 Å².